The Bertz CT molecular complexity index is 568. The molecule has 0 bridgehead atoms. The van der Waals surface area contributed by atoms with Gasteiger partial charge >= 0.3 is 6.09 Å². The number of nitrogens with two attached hydrogens (primary N) is 1. The van der Waals surface area contributed by atoms with Crippen molar-refractivity contribution >= 4 is 28.5 Å². The summed E-state index contributed by atoms with van der Waals surface area (Å²) in [6.07, 6.45) is -1.21. The molecular weight excluding hydrogens is 238 g/mol. The number of amides is 1. The minimum absolute atomic E-state index is 0.420. The third-order valence-electron chi connectivity index (χ3n) is 2.59. The first-order chi connectivity index (χ1) is 8.08. The van der Waals surface area contributed by atoms with Crippen LogP contribution in [0.1, 0.15) is 18.6 Å². The largest absolute Gasteiger partial charge is 0.442 e. The van der Waals surface area contributed by atoms with Crippen LogP contribution in [0.4, 0.5) is 4.79 Å². The van der Waals surface area contributed by atoms with Crippen molar-refractivity contribution in [3.63, 3.8) is 0 Å². The van der Waals surface area contributed by atoms with Gasteiger partial charge in [0.05, 0.1) is 0 Å². The molecule has 0 aliphatic heterocycles. The summed E-state index contributed by atoms with van der Waals surface area (Å²) >= 11 is 6.03. The van der Waals surface area contributed by atoms with Crippen molar-refractivity contribution in [1.82, 2.24) is 0 Å². The highest BCUT2D eigenvalue weighted by Gasteiger charge is 2.13. The van der Waals surface area contributed by atoms with E-state index in [1.807, 2.05) is 30.3 Å². The molecule has 4 heteroatoms. The zero-order valence-electron chi connectivity index (χ0n) is 9.31. The molecule has 88 valence electrons. The van der Waals surface area contributed by atoms with Crippen LogP contribution in [-0.4, -0.2) is 6.09 Å². The van der Waals surface area contributed by atoms with E-state index < -0.39 is 12.2 Å². The molecule has 1 atom stereocenters. The zero-order chi connectivity index (χ0) is 12.4. The fourth-order valence-corrected chi connectivity index (χ4v) is 2.11. The van der Waals surface area contributed by atoms with Crippen LogP contribution < -0.4 is 5.73 Å². The molecule has 2 rings (SSSR count). The van der Waals surface area contributed by atoms with Gasteiger partial charge in [-0.25, -0.2) is 4.79 Å². The van der Waals surface area contributed by atoms with Gasteiger partial charge in [-0.15, -0.1) is 0 Å². The number of carbonyl (C=O) groups excluding carboxylic acids is 1. The average molecular weight is 250 g/mol. The van der Waals surface area contributed by atoms with Crippen LogP contribution in [0, 0.1) is 0 Å². The summed E-state index contributed by atoms with van der Waals surface area (Å²) in [5.74, 6) is 0. The Balaban J connectivity index is 2.55. The van der Waals surface area contributed by atoms with Crippen LogP contribution in [0.3, 0.4) is 0 Å². The summed E-state index contributed by atoms with van der Waals surface area (Å²) in [5, 5.41) is 2.62. The lowest BCUT2D eigenvalue weighted by Crippen LogP contribution is -2.15. The van der Waals surface area contributed by atoms with E-state index in [-0.39, 0.29) is 0 Å². The number of fused-ring (bicyclic) bond motifs is 1. The van der Waals surface area contributed by atoms with E-state index in [2.05, 4.69) is 0 Å². The van der Waals surface area contributed by atoms with Gasteiger partial charge in [0.15, 0.2) is 0 Å². The molecule has 2 aromatic rings. The van der Waals surface area contributed by atoms with Gasteiger partial charge in [-0.3, -0.25) is 0 Å². The van der Waals surface area contributed by atoms with Crippen molar-refractivity contribution in [1.29, 1.82) is 0 Å². The molecule has 2 N–H and O–H groups in total. The Kier molecular flexibility index (Phi) is 3.20. The first kappa shape index (κ1) is 11.7. The molecule has 0 spiro atoms. The molecule has 1 amide bonds. The molecule has 0 saturated heterocycles. The molecule has 0 aromatic heterocycles. The Morgan fingerprint density at radius 1 is 1.35 bits per heavy atom. The van der Waals surface area contributed by atoms with Crippen molar-refractivity contribution in [2.24, 2.45) is 5.73 Å². The number of hydrogen-bond acceptors (Lipinski definition) is 2. The van der Waals surface area contributed by atoms with Crippen molar-refractivity contribution in [2.75, 3.05) is 0 Å². The summed E-state index contributed by atoms with van der Waals surface area (Å²) in [6, 6.07) is 11.4. The summed E-state index contributed by atoms with van der Waals surface area (Å²) in [5.41, 5.74) is 5.87. The Morgan fingerprint density at radius 2 is 2.06 bits per heavy atom. The maximum Gasteiger partial charge on any atom is 0.405 e. The molecule has 17 heavy (non-hydrogen) atoms. The quantitative estimate of drug-likeness (QED) is 0.883. The van der Waals surface area contributed by atoms with E-state index in [1.54, 1.807) is 13.0 Å². The fourth-order valence-electron chi connectivity index (χ4n) is 1.88. The number of hydrogen-bond donors (Lipinski definition) is 1. The first-order valence-electron chi connectivity index (χ1n) is 5.22. The van der Waals surface area contributed by atoms with Gasteiger partial charge < -0.3 is 10.5 Å². The molecule has 0 heterocycles. The van der Waals surface area contributed by atoms with E-state index in [4.69, 9.17) is 22.1 Å². The summed E-state index contributed by atoms with van der Waals surface area (Å²) in [7, 11) is 0. The lowest BCUT2D eigenvalue weighted by Gasteiger charge is -2.14. The van der Waals surface area contributed by atoms with Crippen LogP contribution in [0.2, 0.25) is 5.02 Å². The number of rotatable bonds is 2. The van der Waals surface area contributed by atoms with Crippen LogP contribution in [0.15, 0.2) is 36.4 Å². The third kappa shape index (κ3) is 2.50. The predicted molar refractivity (Wildman–Crippen MR) is 68.0 cm³/mol. The van der Waals surface area contributed by atoms with E-state index in [0.717, 1.165) is 16.3 Å². The van der Waals surface area contributed by atoms with Gasteiger partial charge in [0.25, 0.3) is 0 Å². The highest BCUT2D eigenvalue weighted by molar-refractivity contribution is 6.31. The number of carbonyl (C=O) groups is 1. The molecule has 0 radical (unpaired) electrons. The lowest BCUT2D eigenvalue weighted by atomic mass is 10.0. The SMILES string of the molecule is CC(OC(N)=O)c1cc(Cl)cc2ccccc12. The maximum atomic E-state index is 10.8. The average Bonchev–Trinajstić information content (AvgIpc) is 2.26. The van der Waals surface area contributed by atoms with Crippen LogP contribution >= 0.6 is 11.6 Å². The van der Waals surface area contributed by atoms with Gasteiger partial charge in [0, 0.05) is 10.6 Å². The van der Waals surface area contributed by atoms with Crippen molar-refractivity contribution in [2.45, 2.75) is 13.0 Å². The van der Waals surface area contributed by atoms with Gasteiger partial charge in [-0.05, 0) is 29.8 Å². The van der Waals surface area contributed by atoms with Gasteiger partial charge in [-0.1, -0.05) is 35.9 Å². The summed E-state index contributed by atoms with van der Waals surface area (Å²) in [4.78, 5) is 10.8. The minimum atomic E-state index is -0.790. The lowest BCUT2D eigenvalue weighted by molar-refractivity contribution is 0.117. The van der Waals surface area contributed by atoms with Gasteiger partial charge in [0.2, 0.25) is 0 Å². The molecule has 0 aliphatic rings. The van der Waals surface area contributed by atoms with E-state index in [0.29, 0.717) is 5.02 Å². The topological polar surface area (TPSA) is 52.3 Å². The smallest absolute Gasteiger partial charge is 0.405 e. The Morgan fingerprint density at radius 3 is 2.76 bits per heavy atom. The normalized spacial score (nSPS) is 12.4. The van der Waals surface area contributed by atoms with Crippen LogP contribution in [0.5, 0.6) is 0 Å². The highest BCUT2D eigenvalue weighted by Crippen LogP contribution is 2.29. The summed E-state index contributed by atoms with van der Waals surface area (Å²) in [6.45, 7) is 1.77. The number of benzene rings is 2. The number of primary amides is 1. The van der Waals surface area contributed by atoms with E-state index >= 15 is 0 Å². The van der Waals surface area contributed by atoms with Crippen LogP contribution in [-0.2, 0) is 4.74 Å². The second-order valence-corrected chi connectivity index (χ2v) is 4.23. The summed E-state index contributed by atoms with van der Waals surface area (Å²) < 4.78 is 4.98. The highest BCUT2D eigenvalue weighted by atomic mass is 35.5. The molecule has 1 unspecified atom stereocenters. The monoisotopic (exact) mass is 249 g/mol. The molecule has 0 aliphatic carbocycles. The van der Waals surface area contributed by atoms with E-state index in [1.165, 1.54) is 0 Å². The molecule has 0 saturated carbocycles. The maximum absolute atomic E-state index is 10.8. The van der Waals surface area contributed by atoms with Gasteiger partial charge in [0.1, 0.15) is 6.10 Å². The van der Waals surface area contributed by atoms with E-state index in [9.17, 15) is 4.79 Å². The second-order valence-electron chi connectivity index (χ2n) is 3.80. The molecule has 3 nitrogen and oxygen atoms in total. The molecule has 0 fully saturated rings. The third-order valence-corrected chi connectivity index (χ3v) is 2.81. The molecular formula is C13H12ClNO2. The Labute approximate surface area is 104 Å². The molecule has 2 aromatic carbocycles. The first-order valence-corrected chi connectivity index (χ1v) is 5.60. The zero-order valence-corrected chi connectivity index (χ0v) is 10.1. The van der Waals surface area contributed by atoms with Crippen molar-refractivity contribution in [3.8, 4) is 0 Å². The van der Waals surface area contributed by atoms with Crippen molar-refractivity contribution in [3.05, 3.63) is 47.0 Å². The number of halogens is 1. The number of ether oxygens (including phenoxy) is 1. The van der Waals surface area contributed by atoms with Crippen molar-refractivity contribution < 1.29 is 9.53 Å². The predicted octanol–water partition coefficient (Wildman–Crippen LogP) is 3.65. The van der Waals surface area contributed by atoms with Gasteiger partial charge in [-0.2, -0.15) is 0 Å². The fraction of sp³-hybridized carbons (Fsp3) is 0.154. The minimum Gasteiger partial charge on any atom is -0.442 e. The van der Waals surface area contributed by atoms with Crippen LogP contribution in [0.25, 0.3) is 10.8 Å². The standard InChI is InChI=1S/C13H12ClNO2/c1-8(17-13(15)16)12-7-10(14)6-9-4-2-3-5-11(9)12/h2-8H,1H3,(H2,15,16). The second kappa shape index (κ2) is 4.63. The Hall–Kier alpha value is -1.74.